The van der Waals surface area contributed by atoms with Gasteiger partial charge in [-0.15, -0.1) is 0 Å². The topological polar surface area (TPSA) is 63.8 Å². The molecule has 0 fully saturated rings. The van der Waals surface area contributed by atoms with Crippen molar-refractivity contribution in [2.75, 3.05) is 11.1 Å². The summed E-state index contributed by atoms with van der Waals surface area (Å²) in [5, 5.41) is 3.42. The number of nitrogens with zero attached hydrogens (tertiary/aromatic N) is 2. The SMILES string of the molecule is Nc1ccc(Nc2cncc(Cl)n2)cc1. The first-order valence-electron chi connectivity index (χ1n) is 4.34. The lowest BCUT2D eigenvalue weighted by molar-refractivity contribution is 1.20. The molecule has 2 aromatic rings. The second-order valence-electron chi connectivity index (χ2n) is 2.97. The van der Waals surface area contributed by atoms with Crippen molar-refractivity contribution in [3.63, 3.8) is 0 Å². The maximum absolute atomic E-state index is 5.70. The number of nitrogens with one attached hydrogen (secondary N) is 1. The quantitative estimate of drug-likeness (QED) is 0.764. The van der Waals surface area contributed by atoms with Crippen LogP contribution in [0.25, 0.3) is 0 Å². The predicted molar refractivity (Wildman–Crippen MR) is 61.2 cm³/mol. The zero-order valence-electron chi connectivity index (χ0n) is 7.81. The molecule has 0 bridgehead atoms. The van der Waals surface area contributed by atoms with Crippen molar-refractivity contribution in [1.82, 2.24) is 9.97 Å². The molecule has 0 aliphatic heterocycles. The fraction of sp³-hybridized carbons (Fsp3) is 0. The third-order valence-corrected chi connectivity index (χ3v) is 1.97. The van der Waals surface area contributed by atoms with Gasteiger partial charge in [-0.05, 0) is 24.3 Å². The molecule has 0 atom stereocenters. The van der Waals surface area contributed by atoms with Crippen LogP contribution in [0.15, 0.2) is 36.7 Å². The fourth-order valence-electron chi connectivity index (χ4n) is 1.12. The lowest BCUT2D eigenvalue weighted by Crippen LogP contribution is -1.94. The third-order valence-electron chi connectivity index (χ3n) is 1.79. The van der Waals surface area contributed by atoms with Crippen molar-refractivity contribution in [1.29, 1.82) is 0 Å². The summed E-state index contributed by atoms with van der Waals surface area (Å²) in [6.45, 7) is 0. The molecular weight excluding hydrogens is 212 g/mol. The molecule has 0 amide bonds. The van der Waals surface area contributed by atoms with E-state index in [9.17, 15) is 0 Å². The van der Waals surface area contributed by atoms with Gasteiger partial charge in [0.15, 0.2) is 5.82 Å². The molecule has 1 aromatic carbocycles. The molecule has 0 aliphatic rings. The van der Waals surface area contributed by atoms with Gasteiger partial charge in [-0.2, -0.15) is 0 Å². The minimum atomic E-state index is 0.357. The van der Waals surface area contributed by atoms with E-state index in [2.05, 4.69) is 15.3 Å². The van der Waals surface area contributed by atoms with Gasteiger partial charge in [-0.1, -0.05) is 11.6 Å². The van der Waals surface area contributed by atoms with Gasteiger partial charge in [0.1, 0.15) is 5.15 Å². The zero-order chi connectivity index (χ0) is 10.7. The first-order chi connectivity index (χ1) is 7.24. The summed E-state index contributed by atoms with van der Waals surface area (Å²) in [5.41, 5.74) is 7.18. The summed E-state index contributed by atoms with van der Waals surface area (Å²) in [7, 11) is 0. The van der Waals surface area contributed by atoms with Gasteiger partial charge >= 0.3 is 0 Å². The van der Waals surface area contributed by atoms with E-state index < -0.39 is 0 Å². The van der Waals surface area contributed by atoms with Gasteiger partial charge in [0, 0.05) is 11.4 Å². The van der Waals surface area contributed by atoms with Crippen LogP contribution >= 0.6 is 11.6 Å². The number of halogens is 1. The van der Waals surface area contributed by atoms with Crippen LogP contribution in [-0.4, -0.2) is 9.97 Å². The van der Waals surface area contributed by atoms with Crippen LogP contribution in [0, 0.1) is 0 Å². The largest absolute Gasteiger partial charge is 0.399 e. The van der Waals surface area contributed by atoms with Crippen molar-refractivity contribution in [2.45, 2.75) is 0 Å². The highest BCUT2D eigenvalue weighted by Gasteiger charge is 1.97. The van der Waals surface area contributed by atoms with E-state index in [0.29, 0.717) is 11.0 Å². The first-order valence-corrected chi connectivity index (χ1v) is 4.72. The van der Waals surface area contributed by atoms with E-state index in [0.717, 1.165) is 11.4 Å². The Morgan fingerprint density at radius 1 is 1.13 bits per heavy atom. The number of benzene rings is 1. The summed E-state index contributed by atoms with van der Waals surface area (Å²) >= 11 is 5.70. The number of anilines is 3. The van der Waals surface area contributed by atoms with Gasteiger partial charge in [-0.25, -0.2) is 4.98 Å². The number of hydrogen-bond acceptors (Lipinski definition) is 4. The highest BCUT2D eigenvalue weighted by atomic mass is 35.5. The molecule has 4 nitrogen and oxygen atoms in total. The number of nitrogens with two attached hydrogens (primary N) is 1. The molecule has 0 spiro atoms. The summed E-state index contributed by atoms with van der Waals surface area (Å²) in [6.07, 6.45) is 3.08. The van der Waals surface area contributed by atoms with Crippen molar-refractivity contribution in [3.05, 3.63) is 41.8 Å². The van der Waals surface area contributed by atoms with E-state index in [1.807, 2.05) is 12.1 Å². The Kier molecular flexibility index (Phi) is 2.69. The van der Waals surface area contributed by atoms with E-state index in [4.69, 9.17) is 17.3 Å². The standard InChI is InChI=1S/C10H9ClN4/c11-9-5-13-6-10(15-9)14-8-3-1-7(12)2-4-8/h1-6H,12H2,(H,14,15). The van der Waals surface area contributed by atoms with Gasteiger partial charge in [0.05, 0.1) is 12.4 Å². The Balaban J connectivity index is 2.18. The van der Waals surface area contributed by atoms with Crippen LogP contribution in [0.5, 0.6) is 0 Å². The van der Waals surface area contributed by atoms with Gasteiger partial charge in [0.2, 0.25) is 0 Å². The highest BCUT2D eigenvalue weighted by Crippen LogP contribution is 2.16. The van der Waals surface area contributed by atoms with Crippen molar-refractivity contribution >= 4 is 28.8 Å². The number of aromatic nitrogens is 2. The predicted octanol–water partition coefficient (Wildman–Crippen LogP) is 2.46. The summed E-state index contributed by atoms with van der Waals surface area (Å²) in [4.78, 5) is 7.97. The molecule has 0 radical (unpaired) electrons. The normalized spacial score (nSPS) is 9.93. The summed E-state index contributed by atoms with van der Waals surface area (Å²) in [5.74, 6) is 0.604. The van der Waals surface area contributed by atoms with E-state index >= 15 is 0 Å². The lowest BCUT2D eigenvalue weighted by Gasteiger charge is -2.04. The Labute approximate surface area is 92.1 Å². The molecule has 0 saturated heterocycles. The molecule has 15 heavy (non-hydrogen) atoms. The number of rotatable bonds is 2. The van der Waals surface area contributed by atoms with Gasteiger partial charge in [0.25, 0.3) is 0 Å². The second kappa shape index (κ2) is 4.14. The molecule has 0 unspecified atom stereocenters. The van der Waals surface area contributed by atoms with Gasteiger partial charge in [-0.3, -0.25) is 4.98 Å². The molecule has 1 heterocycles. The van der Waals surface area contributed by atoms with Crippen LogP contribution in [0.3, 0.4) is 0 Å². The Morgan fingerprint density at radius 2 is 1.87 bits per heavy atom. The van der Waals surface area contributed by atoms with Crippen molar-refractivity contribution < 1.29 is 0 Å². The second-order valence-corrected chi connectivity index (χ2v) is 3.36. The smallest absolute Gasteiger partial charge is 0.150 e. The van der Waals surface area contributed by atoms with Crippen LogP contribution < -0.4 is 11.1 Å². The van der Waals surface area contributed by atoms with Crippen LogP contribution in [-0.2, 0) is 0 Å². The van der Waals surface area contributed by atoms with Crippen molar-refractivity contribution in [3.8, 4) is 0 Å². The Morgan fingerprint density at radius 3 is 2.53 bits per heavy atom. The van der Waals surface area contributed by atoms with E-state index in [1.54, 1.807) is 18.3 Å². The number of hydrogen-bond donors (Lipinski definition) is 2. The zero-order valence-corrected chi connectivity index (χ0v) is 8.57. The van der Waals surface area contributed by atoms with Crippen LogP contribution in [0.1, 0.15) is 0 Å². The molecular formula is C10H9ClN4. The van der Waals surface area contributed by atoms with Crippen LogP contribution in [0.2, 0.25) is 5.15 Å². The lowest BCUT2D eigenvalue weighted by atomic mass is 10.3. The molecule has 2 rings (SSSR count). The fourth-order valence-corrected chi connectivity index (χ4v) is 1.26. The molecule has 0 saturated carbocycles. The monoisotopic (exact) mass is 220 g/mol. The Hall–Kier alpha value is -1.81. The minimum absolute atomic E-state index is 0.357. The molecule has 3 N–H and O–H groups in total. The average Bonchev–Trinajstić information content (AvgIpc) is 2.22. The minimum Gasteiger partial charge on any atom is -0.399 e. The Bertz CT molecular complexity index is 455. The first kappa shape index (κ1) is 9.73. The third kappa shape index (κ3) is 2.57. The van der Waals surface area contributed by atoms with Gasteiger partial charge < -0.3 is 11.1 Å². The molecule has 1 aromatic heterocycles. The molecule has 0 aliphatic carbocycles. The van der Waals surface area contributed by atoms with E-state index in [1.165, 1.54) is 6.20 Å². The maximum Gasteiger partial charge on any atom is 0.150 e. The van der Waals surface area contributed by atoms with Crippen LogP contribution in [0.4, 0.5) is 17.2 Å². The average molecular weight is 221 g/mol. The molecule has 5 heteroatoms. The maximum atomic E-state index is 5.70. The summed E-state index contributed by atoms with van der Waals surface area (Å²) in [6, 6.07) is 7.33. The number of nitrogen functional groups attached to an aromatic ring is 1. The van der Waals surface area contributed by atoms with Crippen molar-refractivity contribution in [2.24, 2.45) is 0 Å². The molecule has 76 valence electrons. The highest BCUT2D eigenvalue weighted by molar-refractivity contribution is 6.29. The summed E-state index contributed by atoms with van der Waals surface area (Å²) < 4.78 is 0. The van der Waals surface area contributed by atoms with E-state index in [-0.39, 0.29) is 0 Å².